The number of nitrogens with zero attached hydrogens (tertiary/aromatic N) is 6. The molecule has 0 unspecified atom stereocenters. The fraction of sp³-hybridized carbons (Fsp3) is 0.375. The largest absolute Gasteiger partial charge is 0.333 e. The lowest BCUT2D eigenvalue weighted by Crippen LogP contribution is -2.24. The quantitative estimate of drug-likeness (QED) is 0.695. The normalized spacial score (nSPS) is 11.0. The van der Waals surface area contributed by atoms with E-state index < -0.39 is 0 Å². The highest BCUT2D eigenvalue weighted by atomic mass is 16.1. The van der Waals surface area contributed by atoms with Crippen LogP contribution in [0.3, 0.4) is 0 Å². The zero-order valence-corrected chi connectivity index (χ0v) is 13.4. The lowest BCUT2D eigenvalue weighted by molar-refractivity contribution is 0.521. The molecule has 1 aromatic carbocycles. The second-order valence-electron chi connectivity index (χ2n) is 5.59. The van der Waals surface area contributed by atoms with Crippen LogP contribution >= 0.6 is 0 Å². The van der Waals surface area contributed by atoms with E-state index in [0.717, 1.165) is 30.6 Å². The molecule has 0 spiro atoms. The summed E-state index contributed by atoms with van der Waals surface area (Å²) in [6.45, 7) is 5.28. The minimum absolute atomic E-state index is 0.0982. The average molecular weight is 312 g/mol. The topological polar surface area (TPSA) is 70.5 Å². The second kappa shape index (κ2) is 6.60. The molecule has 3 rings (SSSR count). The van der Waals surface area contributed by atoms with Crippen molar-refractivity contribution in [2.45, 2.75) is 39.8 Å². The molecular formula is C16H20N6O. The Hall–Kier alpha value is -2.70. The summed E-state index contributed by atoms with van der Waals surface area (Å²) < 4.78 is 5.01. The van der Waals surface area contributed by atoms with E-state index in [1.54, 1.807) is 26.2 Å². The summed E-state index contributed by atoms with van der Waals surface area (Å²) in [7, 11) is 0. The number of rotatable bonds is 6. The van der Waals surface area contributed by atoms with Crippen molar-refractivity contribution in [2.24, 2.45) is 0 Å². The van der Waals surface area contributed by atoms with Crippen LogP contribution in [0.1, 0.15) is 31.2 Å². The highest BCUT2D eigenvalue weighted by molar-refractivity contribution is 5.34. The minimum Gasteiger partial charge on any atom is -0.291 e. The molecule has 120 valence electrons. The number of benzene rings is 1. The molecule has 0 radical (unpaired) electrons. The molecule has 2 aromatic heterocycles. The zero-order valence-electron chi connectivity index (χ0n) is 13.4. The van der Waals surface area contributed by atoms with Gasteiger partial charge in [-0.3, -0.25) is 9.13 Å². The molecule has 3 aromatic rings. The molecular weight excluding hydrogens is 292 g/mol. The average Bonchev–Trinajstić information content (AvgIpc) is 3.14. The molecule has 0 N–H and O–H groups in total. The van der Waals surface area contributed by atoms with Gasteiger partial charge in [0.25, 0.3) is 0 Å². The van der Waals surface area contributed by atoms with Gasteiger partial charge in [0.15, 0.2) is 5.82 Å². The summed E-state index contributed by atoms with van der Waals surface area (Å²) in [5.74, 6) is 0.696. The van der Waals surface area contributed by atoms with Gasteiger partial charge in [0.05, 0.1) is 12.2 Å². The minimum atomic E-state index is -0.0982. The maximum atomic E-state index is 12.6. The molecule has 0 aliphatic rings. The third-order valence-corrected chi connectivity index (χ3v) is 3.80. The van der Waals surface area contributed by atoms with Gasteiger partial charge in [0, 0.05) is 18.9 Å². The first-order chi connectivity index (χ1) is 11.2. The van der Waals surface area contributed by atoms with E-state index in [1.165, 1.54) is 0 Å². The Morgan fingerprint density at radius 1 is 1.13 bits per heavy atom. The van der Waals surface area contributed by atoms with Gasteiger partial charge in [-0.1, -0.05) is 31.0 Å². The van der Waals surface area contributed by atoms with Crippen molar-refractivity contribution in [1.29, 1.82) is 0 Å². The molecule has 2 heterocycles. The van der Waals surface area contributed by atoms with Gasteiger partial charge in [-0.2, -0.15) is 0 Å². The second-order valence-corrected chi connectivity index (χ2v) is 5.59. The maximum absolute atomic E-state index is 12.6. The lowest BCUT2D eigenvalue weighted by atomic mass is 10.2. The molecule has 0 aliphatic heterocycles. The molecule has 0 fully saturated rings. The van der Waals surface area contributed by atoms with Gasteiger partial charge in [-0.05, 0) is 35.9 Å². The molecule has 0 aliphatic carbocycles. The summed E-state index contributed by atoms with van der Waals surface area (Å²) >= 11 is 0. The van der Waals surface area contributed by atoms with Crippen molar-refractivity contribution >= 4 is 0 Å². The Kier molecular flexibility index (Phi) is 4.36. The molecule has 0 saturated carbocycles. The van der Waals surface area contributed by atoms with E-state index >= 15 is 0 Å². The summed E-state index contributed by atoms with van der Waals surface area (Å²) in [6.07, 6.45) is 5.62. The Morgan fingerprint density at radius 3 is 2.65 bits per heavy atom. The molecule has 7 heteroatoms. The first-order valence-electron chi connectivity index (χ1n) is 7.79. The Balaban J connectivity index is 1.84. The van der Waals surface area contributed by atoms with E-state index in [0.29, 0.717) is 12.4 Å². The fourth-order valence-electron chi connectivity index (χ4n) is 2.41. The fourth-order valence-corrected chi connectivity index (χ4v) is 2.41. The molecule has 0 saturated heterocycles. The first-order valence-corrected chi connectivity index (χ1v) is 7.79. The van der Waals surface area contributed by atoms with Crippen LogP contribution in [0.25, 0.3) is 5.69 Å². The number of hydrogen-bond acceptors (Lipinski definition) is 4. The SMILES string of the molecule is CCCCn1nnnc1Cn1ccn(-c2ccc(C)cc2)c1=O. The standard InChI is InChI=1S/C16H20N6O/c1-3-4-9-22-15(17-18-19-22)12-20-10-11-21(16(20)23)14-7-5-13(2)6-8-14/h5-8,10-11H,3-4,9,12H2,1-2H3. The number of aryl methyl sites for hydroxylation is 2. The van der Waals surface area contributed by atoms with Gasteiger partial charge < -0.3 is 0 Å². The third kappa shape index (κ3) is 3.23. The Labute approximate surface area is 134 Å². The van der Waals surface area contributed by atoms with Gasteiger partial charge in [0.2, 0.25) is 0 Å². The van der Waals surface area contributed by atoms with Crippen molar-refractivity contribution in [2.75, 3.05) is 0 Å². The van der Waals surface area contributed by atoms with E-state index in [4.69, 9.17) is 0 Å². The first kappa shape index (κ1) is 15.2. The van der Waals surface area contributed by atoms with Crippen LogP contribution in [0.5, 0.6) is 0 Å². The molecule has 0 amide bonds. The van der Waals surface area contributed by atoms with Gasteiger partial charge in [0.1, 0.15) is 0 Å². The molecule has 23 heavy (non-hydrogen) atoms. The molecule has 7 nitrogen and oxygen atoms in total. The number of imidazole rings is 1. The monoisotopic (exact) mass is 312 g/mol. The summed E-state index contributed by atoms with van der Waals surface area (Å²) in [5, 5.41) is 11.7. The van der Waals surface area contributed by atoms with Crippen molar-refractivity contribution in [3.05, 3.63) is 58.5 Å². The van der Waals surface area contributed by atoms with Crippen molar-refractivity contribution in [3.63, 3.8) is 0 Å². The van der Waals surface area contributed by atoms with Crippen molar-refractivity contribution in [1.82, 2.24) is 29.3 Å². The van der Waals surface area contributed by atoms with Crippen LogP contribution in [0.2, 0.25) is 0 Å². The number of unbranched alkanes of at least 4 members (excludes halogenated alkanes) is 1. The van der Waals surface area contributed by atoms with E-state index in [-0.39, 0.29) is 5.69 Å². The Morgan fingerprint density at radius 2 is 1.91 bits per heavy atom. The predicted octanol–water partition coefficient (Wildman–Crippen LogP) is 1.78. The van der Waals surface area contributed by atoms with Crippen LogP contribution < -0.4 is 5.69 Å². The number of tetrazole rings is 1. The van der Waals surface area contributed by atoms with E-state index in [1.807, 2.05) is 31.2 Å². The Bertz CT molecular complexity index is 827. The van der Waals surface area contributed by atoms with Gasteiger partial charge in [-0.25, -0.2) is 9.48 Å². The highest BCUT2D eigenvalue weighted by Crippen LogP contribution is 2.07. The number of aromatic nitrogens is 6. The highest BCUT2D eigenvalue weighted by Gasteiger charge is 2.10. The summed E-state index contributed by atoms with van der Waals surface area (Å²) in [6, 6.07) is 7.85. The van der Waals surface area contributed by atoms with E-state index in [9.17, 15) is 4.79 Å². The molecule has 0 atom stereocenters. The van der Waals surface area contributed by atoms with Crippen molar-refractivity contribution in [3.8, 4) is 5.69 Å². The van der Waals surface area contributed by atoms with Crippen LogP contribution in [0.4, 0.5) is 0 Å². The summed E-state index contributed by atoms with van der Waals surface area (Å²) in [4.78, 5) is 12.6. The lowest BCUT2D eigenvalue weighted by Gasteiger charge is -2.04. The van der Waals surface area contributed by atoms with Gasteiger partial charge >= 0.3 is 5.69 Å². The van der Waals surface area contributed by atoms with Crippen molar-refractivity contribution < 1.29 is 0 Å². The van der Waals surface area contributed by atoms with Crippen LogP contribution in [0, 0.1) is 6.92 Å². The van der Waals surface area contributed by atoms with Gasteiger partial charge in [-0.15, -0.1) is 5.10 Å². The van der Waals surface area contributed by atoms with Crippen LogP contribution in [-0.2, 0) is 13.1 Å². The van der Waals surface area contributed by atoms with E-state index in [2.05, 4.69) is 22.4 Å². The number of hydrogen-bond donors (Lipinski definition) is 0. The third-order valence-electron chi connectivity index (χ3n) is 3.80. The van der Waals surface area contributed by atoms with Crippen LogP contribution in [0.15, 0.2) is 41.5 Å². The molecule has 0 bridgehead atoms. The smallest absolute Gasteiger partial charge is 0.291 e. The maximum Gasteiger partial charge on any atom is 0.333 e. The summed E-state index contributed by atoms with van der Waals surface area (Å²) in [5.41, 5.74) is 1.92. The zero-order chi connectivity index (χ0) is 16.2. The predicted molar refractivity (Wildman–Crippen MR) is 86.6 cm³/mol. The van der Waals surface area contributed by atoms with Crippen LogP contribution in [-0.4, -0.2) is 29.3 Å².